The molecule has 1 aliphatic carbocycles. The number of carbonyl (C=O) groups excluding carboxylic acids is 1. The third-order valence-electron chi connectivity index (χ3n) is 3.99. The topological polar surface area (TPSA) is 17.1 Å². The fraction of sp³-hybridized carbons (Fsp3) is 0.471. The van der Waals surface area contributed by atoms with Crippen molar-refractivity contribution in [2.24, 2.45) is 0 Å². The van der Waals surface area contributed by atoms with Gasteiger partial charge < -0.3 is 0 Å². The zero-order valence-corrected chi connectivity index (χ0v) is 11.0. The van der Waals surface area contributed by atoms with E-state index < -0.39 is 0 Å². The van der Waals surface area contributed by atoms with Gasteiger partial charge in [-0.1, -0.05) is 55.5 Å². The highest BCUT2D eigenvalue weighted by atomic mass is 16.1. The molecule has 94 valence electrons. The first-order valence-corrected chi connectivity index (χ1v) is 6.78. The van der Waals surface area contributed by atoms with Crippen molar-refractivity contribution < 1.29 is 4.79 Å². The number of ketones is 1. The molecule has 0 atom stereocenters. The quantitative estimate of drug-likeness (QED) is 0.733. The van der Waals surface area contributed by atoms with Gasteiger partial charge in [0.25, 0.3) is 0 Å². The second kappa shape index (κ2) is 5.87. The van der Waals surface area contributed by atoms with Gasteiger partial charge >= 0.3 is 0 Å². The molecule has 0 heterocycles. The first-order chi connectivity index (χ1) is 8.79. The van der Waals surface area contributed by atoms with E-state index >= 15 is 0 Å². The summed E-state index contributed by atoms with van der Waals surface area (Å²) >= 11 is 0. The van der Waals surface area contributed by atoms with Crippen molar-refractivity contribution in [1.29, 1.82) is 0 Å². The molecule has 1 heteroatoms. The van der Waals surface area contributed by atoms with Crippen LogP contribution in [0.2, 0.25) is 0 Å². The molecular formula is C17H20O. The predicted octanol–water partition coefficient (Wildman–Crippen LogP) is 3.87. The number of carbonyl (C=O) groups is 1. The summed E-state index contributed by atoms with van der Waals surface area (Å²) in [5, 5.41) is 0. The maximum atomic E-state index is 12.6. The van der Waals surface area contributed by atoms with Crippen LogP contribution < -0.4 is 0 Å². The summed E-state index contributed by atoms with van der Waals surface area (Å²) in [7, 11) is 0. The predicted molar refractivity (Wildman–Crippen MR) is 74.3 cm³/mol. The van der Waals surface area contributed by atoms with Gasteiger partial charge in [0.1, 0.15) is 0 Å². The minimum Gasteiger partial charge on any atom is -0.298 e. The first-order valence-electron chi connectivity index (χ1n) is 6.78. The van der Waals surface area contributed by atoms with Crippen LogP contribution in [0.1, 0.15) is 51.0 Å². The first kappa shape index (κ1) is 12.9. The van der Waals surface area contributed by atoms with E-state index in [-0.39, 0.29) is 5.41 Å². The third kappa shape index (κ3) is 2.48. The molecule has 1 nitrogen and oxygen atoms in total. The molecule has 0 bridgehead atoms. The molecule has 0 radical (unpaired) electrons. The third-order valence-corrected chi connectivity index (χ3v) is 3.99. The Morgan fingerprint density at radius 1 is 1.17 bits per heavy atom. The number of hydrogen-bond acceptors (Lipinski definition) is 1. The van der Waals surface area contributed by atoms with Gasteiger partial charge in [0, 0.05) is 0 Å². The molecule has 1 aromatic rings. The number of rotatable bonds is 3. The summed E-state index contributed by atoms with van der Waals surface area (Å²) in [4.78, 5) is 12.6. The van der Waals surface area contributed by atoms with Crippen LogP contribution in [0.15, 0.2) is 30.3 Å². The smallest absolute Gasteiger partial charge is 0.155 e. The van der Waals surface area contributed by atoms with Gasteiger partial charge in [0.15, 0.2) is 5.78 Å². The second-order valence-electron chi connectivity index (χ2n) is 5.04. The van der Waals surface area contributed by atoms with Gasteiger partial charge in [-0.05, 0) is 25.3 Å². The average molecular weight is 240 g/mol. The molecule has 2 rings (SSSR count). The molecule has 1 saturated carbocycles. The van der Waals surface area contributed by atoms with Crippen LogP contribution in [-0.4, -0.2) is 5.78 Å². The maximum absolute atomic E-state index is 12.6. The second-order valence-corrected chi connectivity index (χ2v) is 5.04. The van der Waals surface area contributed by atoms with Crippen molar-refractivity contribution in [3.8, 4) is 11.8 Å². The fourth-order valence-electron chi connectivity index (χ4n) is 2.98. The molecule has 0 amide bonds. The van der Waals surface area contributed by atoms with E-state index in [4.69, 9.17) is 0 Å². The zero-order chi connectivity index (χ0) is 12.8. The van der Waals surface area contributed by atoms with Gasteiger partial charge in [-0.15, -0.1) is 5.92 Å². The molecule has 0 aliphatic heterocycles. The molecule has 0 unspecified atom stereocenters. The Kier molecular flexibility index (Phi) is 4.20. The summed E-state index contributed by atoms with van der Waals surface area (Å²) in [6.07, 6.45) is 5.93. The van der Waals surface area contributed by atoms with Crippen LogP contribution in [-0.2, 0) is 10.2 Å². The molecule has 0 N–H and O–H groups in total. The van der Waals surface area contributed by atoms with E-state index in [9.17, 15) is 4.79 Å². The van der Waals surface area contributed by atoms with Crippen LogP contribution in [0.5, 0.6) is 0 Å². The van der Waals surface area contributed by atoms with E-state index in [0.29, 0.717) is 12.2 Å². The summed E-state index contributed by atoms with van der Waals surface area (Å²) in [5.41, 5.74) is 0.927. The molecule has 1 aliphatic rings. The molecular weight excluding hydrogens is 220 g/mol. The van der Waals surface area contributed by atoms with E-state index in [1.54, 1.807) is 6.92 Å². The molecule has 1 aromatic carbocycles. The van der Waals surface area contributed by atoms with Gasteiger partial charge in [-0.2, -0.15) is 0 Å². The number of hydrogen-bond donors (Lipinski definition) is 0. The van der Waals surface area contributed by atoms with Gasteiger partial charge in [-0.3, -0.25) is 4.79 Å². The summed E-state index contributed by atoms with van der Waals surface area (Å²) in [6, 6.07) is 10.3. The van der Waals surface area contributed by atoms with E-state index in [0.717, 1.165) is 25.7 Å². The van der Waals surface area contributed by atoms with Crippen molar-refractivity contribution in [1.82, 2.24) is 0 Å². The summed E-state index contributed by atoms with van der Waals surface area (Å²) < 4.78 is 0. The van der Waals surface area contributed by atoms with Crippen molar-refractivity contribution in [2.45, 2.75) is 50.9 Å². The van der Waals surface area contributed by atoms with Crippen molar-refractivity contribution >= 4 is 5.78 Å². The van der Waals surface area contributed by atoms with Crippen LogP contribution in [0.3, 0.4) is 0 Å². The Labute approximate surface area is 110 Å². The molecule has 0 saturated heterocycles. The monoisotopic (exact) mass is 240 g/mol. The Morgan fingerprint density at radius 3 is 2.44 bits per heavy atom. The molecule has 0 spiro atoms. The van der Waals surface area contributed by atoms with Crippen molar-refractivity contribution in [3.05, 3.63) is 35.9 Å². The Morgan fingerprint density at radius 2 is 1.83 bits per heavy atom. The lowest BCUT2D eigenvalue weighted by Gasteiger charge is -2.36. The Bertz CT molecular complexity index is 455. The average Bonchev–Trinajstić information content (AvgIpc) is 2.46. The largest absolute Gasteiger partial charge is 0.298 e. The lowest BCUT2D eigenvalue weighted by Crippen LogP contribution is -2.37. The van der Waals surface area contributed by atoms with Crippen molar-refractivity contribution in [2.75, 3.05) is 0 Å². The van der Waals surface area contributed by atoms with Gasteiger partial charge in [0.05, 0.1) is 11.8 Å². The fourth-order valence-corrected chi connectivity index (χ4v) is 2.98. The highest BCUT2D eigenvalue weighted by Gasteiger charge is 2.39. The van der Waals surface area contributed by atoms with E-state index in [1.807, 2.05) is 18.2 Å². The lowest BCUT2D eigenvalue weighted by molar-refractivity contribution is -0.124. The Balaban J connectivity index is 2.33. The SMILES string of the molecule is CC#CCC(=O)C1(c2ccccc2)CCCCC1. The number of Topliss-reactive ketones (excluding diaryl/α,β-unsaturated/α-hetero) is 1. The molecule has 1 fully saturated rings. The van der Waals surface area contributed by atoms with Gasteiger partial charge in [0.2, 0.25) is 0 Å². The summed E-state index contributed by atoms with van der Waals surface area (Å²) in [5.74, 6) is 6.08. The van der Waals surface area contributed by atoms with Crippen LogP contribution in [0.4, 0.5) is 0 Å². The Hall–Kier alpha value is -1.55. The number of benzene rings is 1. The zero-order valence-electron chi connectivity index (χ0n) is 11.0. The highest BCUT2D eigenvalue weighted by Crippen LogP contribution is 2.40. The maximum Gasteiger partial charge on any atom is 0.155 e. The normalized spacial score (nSPS) is 17.6. The van der Waals surface area contributed by atoms with Crippen LogP contribution >= 0.6 is 0 Å². The van der Waals surface area contributed by atoms with Gasteiger partial charge in [-0.25, -0.2) is 0 Å². The summed E-state index contributed by atoms with van der Waals surface area (Å²) in [6.45, 7) is 1.79. The van der Waals surface area contributed by atoms with E-state index in [2.05, 4.69) is 24.0 Å². The molecule has 18 heavy (non-hydrogen) atoms. The molecule has 0 aromatic heterocycles. The van der Waals surface area contributed by atoms with E-state index in [1.165, 1.54) is 12.0 Å². The standard InChI is InChI=1S/C17H20O/c1-2-3-12-16(18)17(13-8-5-9-14-17)15-10-6-4-7-11-15/h4,6-7,10-11H,5,8-9,12-14H2,1H3. The lowest BCUT2D eigenvalue weighted by atomic mass is 9.66. The minimum atomic E-state index is -0.261. The van der Waals surface area contributed by atoms with Crippen molar-refractivity contribution in [3.63, 3.8) is 0 Å². The van der Waals surface area contributed by atoms with Crippen LogP contribution in [0.25, 0.3) is 0 Å². The highest BCUT2D eigenvalue weighted by molar-refractivity contribution is 5.92. The minimum absolute atomic E-state index is 0.261. The van der Waals surface area contributed by atoms with Crippen LogP contribution in [0, 0.1) is 11.8 Å².